The predicted molar refractivity (Wildman–Crippen MR) is 71.1 cm³/mol. The zero-order valence-electron chi connectivity index (χ0n) is 11.4. The Kier molecular flexibility index (Phi) is 6.72. The lowest BCUT2D eigenvalue weighted by Gasteiger charge is -2.12. The fourth-order valence-corrected chi connectivity index (χ4v) is 2.02. The second-order valence-corrected chi connectivity index (χ2v) is 5.16. The molecule has 0 aromatic carbocycles. The number of rotatable bonds is 7. The Labute approximate surface area is 109 Å². The molecule has 0 radical (unpaired) electrons. The Hall–Kier alpha value is -1.10. The first-order valence-electron chi connectivity index (χ1n) is 6.87. The minimum absolute atomic E-state index is 0.000644. The van der Waals surface area contributed by atoms with Crippen LogP contribution in [0.25, 0.3) is 0 Å². The third kappa shape index (κ3) is 6.00. The van der Waals surface area contributed by atoms with Gasteiger partial charge in [-0.2, -0.15) is 0 Å². The van der Waals surface area contributed by atoms with E-state index in [2.05, 4.69) is 16.0 Å². The maximum absolute atomic E-state index is 11.5. The molecule has 1 aliphatic carbocycles. The van der Waals surface area contributed by atoms with Crippen LogP contribution in [0.1, 0.15) is 39.5 Å². The summed E-state index contributed by atoms with van der Waals surface area (Å²) in [4.78, 5) is 22.7. The van der Waals surface area contributed by atoms with Crippen molar-refractivity contribution < 1.29 is 9.59 Å². The van der Waals surface area contributed by atoms with Crippen molar-refractivity contribution in [2.45, 2.75) is 45.6 Å². The average Bonchev–Trinajstić information content (AvgIpc) is 2.84. The second kappa shape index (κ2) is 8.08. The SMILES string of the molecule is CC(C)C(=O)NCCNC(=O)CNC1CCCC1. The van der Waals surface area contributed by atoms with Gasteiger partial charge in [0.2, 0.25) is 11.8 Å². The molecule has 1 saturated carbocycles. The molecule has 0 unspecified atom stereocenters. The average molecular weight is 255 g/mol. The molecule has 2 amide bonds. The molecule has 104 valence electrons. The van der Waals surface area contributed by atoms with Gasteiger partial charge in [-0.05, 0) is 12.8 Å². The van der Waals surface area contributed by atoms with E-state index in [0.717, 1.165) is 0 Å². The normalized spacial score (nSPS) is 15.9. The summed E-state index contributed by atoms with van der Waals surface area (Å²) >= 11 is 0. The van der Waals surface area contributed by atoms with Crippen molar-refractivity contribution >= 4 is 11.8 Å². The zero-order chi connectivity index (χ0) is 13.4. The standard InChI is InChI=1S/C13H25N3O2/c1-10(2)13(18)15-8-7-14-12(17)9-16-11-5-3-4-6-11/h10-11,16H,3-9H2,1-2H3,(H,14,17)(H,15,18). The van der Waals surface area contributed by atoms with Gasteiger partial charge >= 0.3 is 0 Å². The Morgan fingerprint density at radius 2 is 1.72 bits per heavy atom. The van der Waals surface area contributed by atoms with Gasteiger partial charge in [-0.15, -0.1) is 0 Å². The number of carbonyl (C=O) groups excluding carboxylic acids is 2. The third-order valence-electron chi connectivity index (χ3n) is 3.18. The van der Waals surface area contributed by atoms with Crippen molar-refractivity contribution in [3.05, 3.63) is 0 Å². The van der Waals surface area contributed by atoms with Crippen LogP contribution in [0.3, 0.4) is 0 Å². The monoisotopic (exact) mass is 255 g/mol. The summed E-state index contributed by atoms with van der Waals surface area (Å²) in [6, 6.07) is 0.511. The topological polar surface area (TPSA) is 70.2 Å². The van der Waals surface area contributed by atoms with Gasteiger partial charge in [0.15, 0.2) is 0 Å². The highest BCUT2D eigenvalue weighted by molar-refractivity contribution is 5.79. The molecule has 3 N–H and O–H groups in total. The van der Waals surface area contributed by atoms with Crippen molar-refractivity contribution in [2.24, 2.45) is 5.92 Å². The van der Waals surface area contributed by atoms with Gasteiger partial charge in [-0.1, -0.05) is 26.7 Å². The van der Waals surface area contributed by atoms with Crippen LogP contribution < -0.4 is 16.0 Å². The van der Waals surface area contributed by atoms with Crippen LogP contribution in [0.5, 0.6) is 0 Å². The summed E-state index contributed by atoms with van der Waals surface area (Å²) in [5.41, 5.74) is 0. The smallest absolute Gasteiger partial charge is 0.234 e. The highest BCUT2D eigenvalue weighted by atomic mass is 16.2. The van der Waals surface area contributed by atoms with E-state index in [1.165, 1.54) is 25.7 Å². The minimum atomic E-state index is -0.00950. The Morgan fingerprint density at radius 3 is 2.33 bits per heavy atom. The number of nitrogens with one attached hydrogen (secondary N) is 3. The Balaban J connectivity index is 1.97. The van der Waals surface area contributed by atoms with Crippen molar-refractivity contribution in [2.75, 3.05) is 19.6 Å². The molecule has 1 rings (SSSR count). The summed E-state index contributed by atoms with van der Waals surface area (Å²) in [7, 11) is 0. The van der Waals surface area contributed by atoms with Gasteiger partial charge in [-0.25, -0.2) is 0 Å². The van der Waals surface area contributed by atoms with E-state index in [0.29, 0.717) is 25.7 Å². The molecule has 0 aliphatic heterocycles. The molecule has 0 spiro atoms. The first-order chi connectivity index (χ1) is 8.59. The number of carbonyl (C=O) groups is 2. The maximum atomic E-state index is 11.5. The number of hydrogen-bond acceptors (Lipinski definition) is 3. The zero-order valence-corrected chi connectivity index (χ0v) is 11.4. The molecule has 1 aliphatic rings. The van der Waals surface area contributed by atoms with E-state index in [4.69, 9.17) is 0 Å². The van der Waals surface area contributed by atoms with Crippen LogP contribution in [0.15, 0.2) is 0 Å². The quantitative estimate of drug-likeness (QED) is 0.577. The van der Waals surface area contributed by atoms with E-state index < -0.39 is 0 Å². The molecule has 0 heterocycles. The summed E-state index contributed by atoms with van der Waals surface area (Å²) in [6.07, 6.45) is 4.89. The number of amides is 2. The first-order valence-corrected chi connectivity index (χ1v) is 6.87. The van der Waals surface area contributed by atoms with Crippen LogP contribution in [-0.2, 0) is 9.59 Å². The van der Waals surface area contributed by atoms with Gasteiger partial charge in [0.1, 0.15) is 0 Å². The molecule has 0 aromatic heterocycles. The molecule has 5 nitrogen and oxygen atoms in total. The van der Waals surface area contributed by atoms with E-state index in [1.807, 2.05) is 13.8 Å². The van der Waals surface area contributed by atoms with Crippen LogP contribution >= 0.6 is 0 Å². The highest BCUT2D eigenvalue weighted by Crippen LogP contribution is 2.17. The van der Waals surface area contributed by atoms with Gasteiger partial charge in [0.25, 0.3) is 0 Å². The summed E-state index contributed by atoms with van der Waals surface area (Å²) < 4.78 is 0. The second-order valence-electron chi connectivity index (χ2n) is 5.16. The molecule has 0 bridgehead atoms. The lowest BCUT2D eigenvalue weighted by molar-refractivity contribution is -0.124. The van der Waals surface area contributed by atoms with E-state index >= 15 is 0 Å². The van der Waals surface area contributed by atoms with Gasteiger partial charge < -0.3 is 16.0 Å². The molecule has 0 atom stereocenters. The molecule has 0 saturated heterocycles. The molecular weight excluding hydrogens is 230 g/mol. The molecule has 5 heteroatoms. The lowest BCUT2D eigenvalue weighted by atomic mass is 10.2. The largest absolute Gasteiger partial charge is 0.354 e. The summed E-state index contributed by atoms with van der Waals surface area (Å²) in [6.45, 7) is 5.05. The van der Waals surface area contributed by atoms with Gasteiger partial charge in [-0.3, -0.25) is 9.59 Å². The fraction of sp³-hybridized carbons (Fsp3) is 0.846. The molecule has 1 fully saturated rings. The third-order valence-corrected chi connectivity index (χ3v) is 3.18. The van der Waals surface area contributed by atoms with E-state index in [1.54, 1.807) is 0 Å². The van der Waals surface area contributed by atoms with Gasteiger partial charge in [0, 0.05) is 25.0 Å². The Bertz CT molecular complexity index is 273. The van der Waals surface area contributed by atoms with Gasteiger partial charge in [0.05, 0.1) is 6.54 Å². The molecule has 0 aromatic rings. The first kappa shape index (κ1) is 15.0. The van der Waals surface area contributed by atoms with Crippen LogP contribution in [-0.4, -0.2) is 37.5 Å². The number of hydrogen-bond donors (Lipinski definition) is 3. The molecular formula is C13H25N3O2. The van der Waals surface area contributed by atoms with Crippen LogP contribution in [0.2, 0.25) is 0 Å². The minimum Gasteiger partial charge on any atom is -0.354 e. The van der Waals surface area contributed by atoms with Crippen molar-refractivity contribution in [1.82, 2.24) is 16.0 Å². The summed E-state index contributed by atoms with van der Waals surface area (Å²) in [5.74, 6) is 0.0127. The Morgan fingerprint density at radius 1 is 1.11 bits per heavy atom. The van der Waals surface area contributed by atoms with E-state index in [9.17, 15) is 9.59 Å². The van der Waals surface area contributed by atoms with Crippen molar-refractivity contribution in [1.29, 1.82) is 0 Å². The molecule has 18 heavy (non-hydrogen) atoms. The lowest BCUT2D eigenvalue weighted by Crippen LogP contribution is -2.41. The van der Waals surface area contributed by atoms with Crippen LogP contribution in [0, 0.1) is 5.92 Å². The maximum Gasteiger partial charge on any atom is 0.234 e. The van der Waals surface area contributed by atoms with Crippen LogP contribution in [0.4, 0.5) is 0 Å². The van der Waals surface area contributed by atoms with Crippen molar-refractivity contribution in [3.8, 4) is 0 Å². The van der Waals surface area contributed by atoms with Crippen molar-refractivity contribution in [3.63, 3.8) is 0 Å². The fourth-order valence-electron chi connectivity index (χ4n) is 2.02. The summed E-state index contributed by atoms with van der Waals surface area (Å²) in [5, 5.41) is 8.80. The highest BCUT2D eigenvalue weighted by Gasteiger charge is 2.14. The predicted octanol–water partition coefficient (Wildman–Crippen LogP) is 0.407. The van der Waals surface area contributed by atoms with E-state index in [-0.39, 0.29) is 17.7 Å².